The van der Waals surface area contributed by atoms with E-state index < -0.39 is 5.92 Å². The summed E-state index contributed by atoms with van der Waals surface area (Å²) in [6.45, 7) is 11.8. The predicted molar refractivity (Wildman–Crippen MR) is 165 cm³/mol. The lowest BCUT2D eigenvalue weighted by Crippen LogP contribution is -2.30. The Hall–Kier alpha value is -2.95. The minimum Gasteiger partial charge on any atom is -0.300 e. The molecule has 0 saturated carbocycles. The summed E-state index contributed by atoms with van der Waals surface area (Å²) in [5.41, 5.74) is 3.53. The molecule has 2 aliphatic rings. The SMILES string of the molecule is CCC.CCCC(CC1CC(=O)c2c(ccc(CC3C(=O)C/C=C\C=C/CC3=O)c2C)C1)C(CC)C(=O)CC(C)=O. The van der Waals surface area contributed by atoms with Crippen molar-refractivity contribution in [3.05, 3.63) is 58.7 Å². The van der Waals surface area contributed by atoms with Crippen LogP contribution in [0.25, 0.3) is 0 Å². The van der Waals surface area contributed by atoms with Crippen LogP contribution in [0.1, 0.15) is 119 Å². The molecule has 0 aromatic heterocycles. The van der Waals surface area contributed by atoms with Crippen LogP contribution in [0.3, 0.4) is 0 Å². The Morgan fingerprint density at radius 3 is 2.07 bits per heavy atom. The van der Waals surface area contributed by atoms with Gasteiger partial charge in [0.2, 0.25) is 0 Å². The zero-order chi connectivity index (χ0) is 30.5. The summed E-state index contributed by atoms with van der Waals surface area (Å²) in [5, 5.41) is 0. The van der Waals surface area contributed by atoms with E-state index in [-0.39, 0.29) is 65.9 Å². The third kappa shape index (κ3) is 9.83. The maximum atomic E-state index is 13.4. The number of ketones is 5. The molecule has 3 unspecified atom stereocenters. The first-order chi connectivity index (χ1) is 19.6. The topological polar surface area (TPSA) is 85.3 Å². The lowest BCUT2D eigenvalue weighted by atomic mass is 9.71. The van der Waals surface area contributed by atoms with Gasteiger partial charge >= 0.3 is 0 Å². The standard InChI is InChI=1S/C33H42O5.C3H8/c1-5-11-25(27(6-2)31(37)16-21(3)34)17-23-18-26-15-14-24(22(4)33(26)32(38)19-23)20-28-29(35)12-9-7-8-10-13-30(28)36;1-3-2/h7-10,14-15,23,25,27-28H,5-6,11-13,16-20H2,1-4H3;3H2,1-2H3/b9-7-,10-8-;. The van der Waals surface area contributed by atoms with Crippen LogP contribution in [0.4, 0.5) is 0 Å². The predicted octanol–water partition coefficient (Wildman–Crippen LogP) is 7.74. The third-order valence-electron chi connectivity index (χ3n) is 8.29. The van der Waals surface area contributed by atoms with Gasteiger partial charge in [-0.25, -0.2) is 0 Å². The van der Waals surface area contributed by atoms with Gasteiger partial charge in [-0.2, -0.15) is 0 Å². The third-order valence-corrected chi connectivity index (χ3v) is 8.29. The highest BCUT2D eigenvalue weighted by Gasteiger charge is 2.34. The Labute approximate surface area is 247 Å². The number of carbonyl (C=O) groups excluding carboxylic acids is 5. The number of rotatable bonds is 11. The van der Waals surface area contributed by atoms with Crippen molar-refractivity contribution in [2.75, 3.05) is 0 Å². The fourth-order valence-electron chi connectivity index (χ4n) is 6.42. The first-order valence-electron chi connectivity index (χ1n) is 15.6. The molecule has 3 atom stereocenters. The van der Waals surface area contributed by atoms with Gasteiger partial charge in [-0.3, -0.25) is 24.0 Å². The van der Waals surface area contributed by atoms with Crippen molar-refractivity contribution in [3.8, 4) is 0 Å². The van der Waals surface area contributed by atoms with Crippen molar-refractivity contribution in [1.29, 1.82) is 0 Å². The fourth-order valence-corrected chi connectivity index (χ4v) is 6.42. The summed E-state index contributed by atoms with van der Waals surface area (Å²) in [7, 11) is 0. The molecule has 3 rings (SSSR count). The van der Waals surface area contributed by atoms with Gasteiger partial charge < -0.3 is 0 Å². The molecule has 1 aromatic rings. The van der Waals surface area contributed by atoms with Gasteiger partial charge in [0.15, 0.2) is 5.78 Å². The average molecular weight is 563 g/mol. The molecular formula is C36H50O5. The largest absolute Gasteiger partial charge is 0.300 e. The molecular weight excluding hydrogens is 512 g/mol. The van der Waals surface area contributed by atoms with E-state index in [1.165, 1.54) is 13.3 Å². The zero-order valence-corrected chi connectivity index (χ0v) is 26.1. The summed E-state index contributed by atoms with van der Waals surface area (Å²) in [5.74, 6) is -0.634. The molecule has 0 radical (unpaired) electrons. The summed E-state index contributed by atoms with van der Waals surface area (Å²) >= 11 is 0. The second kappa shape index (κ2) is 17.1. The van der Waals surface area contributed by atoms with Crippen molar-refractivity contribution < 1.29 is 24.0 Å². The second-order valence-corrected chi connectivity index (χ2v) is 11.9. The van der Waals surface area contributed by atoms with Crippen LogP contribution in [0, 0.1) is 30.6 Å². The van der Waals surface area contributed by atoms with E-state index in [2.05, 4.69) is 20.8 Å². The molecule has 2 aliphatic carbocycles. The smallest absolute Gasteiger partial charge is 0.163 e. The number of fused-ring (bicyclic) bond motifs is 1. The van der Waals surface area contributed by atoms with Gasteiger partial charge in [0.1, 0.15) is 23.1 Å². The van der Waals surface area contributed by atoms with Gasteiger partial charge in [0.25, 0.3) is 0 Å². The van der Waals surface area contributed by atoms with E-state index >= 15 is 0 Å². The summed E-state index contributed by atoms with van der Waals surface area (Å²) < 4.78 is 0. The van der Waals surface area contributed by atoms with E-state index in [9.17, 15) is 24.0 Å². The molecule has 0 amide bonds. The molecule has 0 fully saturated rings. The summed E-state index contributed by atoms with van der Waals surface area (Å²) in [6, 6.07) is 3.98. The number of allylic oxidation sites excluding steroid dienone is 4. The Kier molecular flexibility index (Phi) is 14.3. The Morgan fingerprint density at radius 2 is 1.54 bits per heavy atom. The number of benzene rings is 1. The van der Waals surface area contributed by atoms with Gasteiger partial charge in [-0.05, 0) is 68.1 Å². The molecule has 0 N–H and O–H groups in total. The van der Waals surface area contributed by atoms with Gasteiger partial charge in [-0.1, -0.05) is 83.4 Å². The number of Topliss-reactive ketones (excluding diaryl/α,β-unsaturated/α-hetero) is 5. The molecule has 5 heteroatoms. The van der Waals surface area contributed by atoms with Crippen LogP contribution in [0.2, 0.25) is 0 Å². The van der Waals surface area contributed by atoms with Gasteiger partial charge in [-0.15, -0.1) is 0 Å². The van der Waals surface area contributed by atoms with Crippen LogP contribution in [-0.4, -0.2) is 28.9 Å². The highest BCUT2D eigenvalue weighted by Crippen LogP contribution is 2.37. The first kappa shape index (κ1) is 34.3. The second-order valence-electron chi connectivity index (χ2n) is 11.9. The van der Waals surface area contributed by atoms with Crippen molar-refractivity contribution in [1.82, 2.24) is 0 Å². The maximum Gasteiger partial charge on any atom is 0.163 e. The molecule has 0 saturated heterocycles. The van der Waals surface area contributed by atoms with E-state index in [0.717, 1.165) is 47.9 Å². The van der Waals surface area contributed by atoms with Crippen LogP contribution in [0.5, 0.6) is 0 Å². The molecule has 5 nitrogen and oxygen atoms in total. The van der Waals surface area contributed by atoms with Gasteiger partial charge in [0, 0.05) is 30.7 Å². The maximum absolute atomic E-state index is 13.4. The zero-order valence-electron chi connectivity index (χ0n) is 26.1. The molecule has 0 bridgehead atoms. The van der Waals surface area contributed by atoms with E-state index in [1.54, 1.807) is 24.3 Å². The number of carbonyl (C=O) groups is 5. The highest BCUT2D eigenvalue weighted by atomic mass is 16.2. The van der Waals surface area contributed by atoms with Crippen molar-refractivity contribution in [2.45, 2.75) is 112 Å². The van der Waals surface area contributed by atoms with E-state index in [1.807, 2.05) is 26.0 Å². The minimum absolute atomic E-state index is 0.00824. The van der Waals surface area contributed by atoms with Crippen molar-refractivity contribution in [2.24, 2.45) is 23.7 Å². The summed E-state index contributed by atoms with van der Waals surface area (Å²) in [6.07, 6.45) is 13.8. The van der Waals surface area contributed by atoms with E-state index in [4.69, 9.17) is 0 Å². The average Bonchev–Trinajstić information content (AvgIpc) is 2.97. The number of hydrogen-bond donors (Lipinski definition) is 0. The van der Waals surface area contributed by atoms with Crippen LogP contribution < -0.4 is 0 Å². The molecule has 41 heavy (non-hydrogen) atoms. The van der Waals surface area contributed by atoms with Crippen LogP contribution >= 0.6 is 0 Å². The quantitative estimate of drug-likeness (QED) is 0.258. The lowest BCUT2D eigenvalue weighted by molar-refractivity contribution is -0.132. The highest BCUT2D eigenvalue weighted by molar-refractivity contribution is 6.04. The first-order valence-corrected chi connectivity index (χ1v) is 15.6. The molecule has 1 aromatic carbocycles. The van der Waals surface area contributed by atoms with Crippen molar-refractivity contribution in [3.63, 3.8) is 0 Å². The Morgan fingerprint density at radius 1 is 0.927 bits per heavy atom. The van der Waals surface area contributed by atoms with Crippen LogP contribution in [0.15, 0.2) is 36.4 Å². The molecule has 0 heterocycles. The normalized spacial score (nSPS) is 20.4. The monoisotopic (exact) mass is 562 g/mol. The van der Waals surface area contributed by atoms with Crippen LogP contribution in [-0.2, 0) is 32.0 Å². The molecule has 0 aliphatic heterocycles. The van der Waals surface area contributed by atoms with E-state index in [0.29, 0.717) is 19.3 Å². The Balaban J connectivity index is 0.00000187. The molecule has 0 spiro atoms. The Bertz CT molecular complexity index is 1130. The lowest BCUT2D eigenvalue weighted by Gasteiger charge is -2.32. The van der Waals surface area contributed by atoms with Gasteiger partial charge in [0.05, 0.1) is 12.3 Å². The summed E-state index contributed by atoms with van der Waals surface area (Å²) in [4.78, 5) is 63.4. The fraction of sp³-hybridized carbons (Fsp3) is 0.583. The van der Waals surface area contributed by atoms with Crippen molar-refractivity contribution >= 4 is 28.9 Å². The molecule has 224 valence electrons. The minimum atomic E-state index is -0.695. The number of hydrogen-bond acceptors (Lipinski definition) is 5.